The standard InChI is InChI=1S/C23H27NO.ClH/c1-17-9-6-10-18(2)23(17)25-16-8-15-24-19(3)21-14-7-12-20-11-4-5-13-22(20)21;/h4-7,9-14,19,24H,8,15-16H2,1-3H3;1H/t19-;/m1./s1. The van der Waals surface area contributed by atoms with Gasteiger partial charge in [-0.15, -0.1) is 12.4 Å². The van der Waals surface area contributed by atoms with Crippen molar-refractivity contribution in [2.45, 2.75) is 33.2 Å². The van der Waals surface area contributed by atoms with Gasteiger partial charge in [-0.1, -0.05) is 60.7 Å². The molecule has 0 aliphatic heterocycles. The van der Waals surface area contributed by atoms with Gasteiger partial charge >= 0.3 is 0 Å². The van der Waals surface area contributed by atoms with Crippen molar-refractivity contribution in [2.24, 2.45) is 0 Å². The molecule has 0 saturated carbocycles. The highest BCUT2D eigenvalue weighted by molar-refractivity contribution is 5.86. The molecule has 0 saturated heterocycles. The number of halogens is 1. The molecule has 3 rings (SSSR count). The number of rotatable bonds is 7. The molecule has 0 bridgehead atoms. The van der Waals surface area contributed by atoms with Gasteiger partial charge in [-0.2, -0.15) is 0 Å². The van der Waals surface area contributed by atoms with Crippen LogP contribution in [0.5, 0.6) is 5.75 Å². The van der Waals surface area contributed by atoms with Crippen molar-refractivity contribution in [1.82, 2.24) is 5.32 Å². The van der Waals surface area contributed by atoms with Crippen LogP contribution in [-0.4, -0.2) is 13.2 Å². The fraction of sp³-hybridized carbons (Fsp3) is 0.304. The molecule has 0 unspecified atom stereocenters. The van der Waals surface area contributed by atoms with Gasteiger partial charge in [0, 0.05) is 6.04 Å². The Labute approximate surface area is 163 Å². The molecule has 0 amide bonds. The molecule has 3 aromatic rings. The van der Waals surface area contributed by atoms with E-state index in [1.807, 2.05) is 0 Å². The summed E-state index contributed by atoms with van der Waals surface area (Å²) < 4.78 is 5.99. The van der Waals surface area contributed by atoms with Crippen LogP contribution in [0.1, 0.15) is 36.1 Å². The maximum atomic E-state index is 5.99. The summed E-state index contributed by atoms with van der Waals surface area (Å²) in [6, 6.07) is 21.7. The third-order valence-corrected chi connectivity index (χ3v) is 4.72. The number of para-hydroxylation sites is 1. The smallest absolute Gasteiger partial charge is 0.125 e. The summed E-state index contributed by atoms with van der Waals surface area (Å²) in [6.45, 7) is 8.11. The van der Waals surface area contributed by atoms with E-state index in [0.29, 0.717) is 6.04 Å². The summed E-state index contributed by atoms with van der Waals surface area (Å²) in [5, 5.41) is 6.26. The monoisotopic (exact) mass is 369 g/mol. The Bertz CT molecular complexity index is 821. The summed E-state index contributed by atoms with van der Waals surface area (Å²) in [5.41, 5.74) is 3.77. The molecule has 0 aliphatic carbocycles. The van der Waals surface area contributed by atoms with E-state index in [1.165, 1.54) is 27.5 Å². The van der Waals surface area contributed by atoms with Crippen LogP contribution in [0.3, 0.4) is 0 Å². The Kier molecular flexibility index (Phi) is 7.50. The van der Waals surface area contributed by atoms with Gasteiger partial charge in [-0.3, -0.25) is 0 Å². The summed E-state index contributed by atoms with van der Waals surface area (Å²) in [7, 11) is 0. The highest BCUT2D eigenvalue weighted by atomic mass is 35.5. The average Bonchev–Trinajstić information content (AvgIpc) is 2.63. The first-order valence-electron chi connectivity index (χ1n) is 9.07. The van der Waals surface area contributed by atoms with Crippen molar-refractivity contribution in [3.8, 4) is 5.75 Å². The van der Waals surface area contributed by atoms with E-state index in [2.05, 4.69) is 86.8 Å². The second-order valence-electron chi connectivity index (χ2n) is 6.67. The van der Waals surface area contributed by atoms with Crippen LogP contribution < -0.4 is 10.1 Å². The molecule has 3 aromatic carbocycles. The van der Waals surface area contributed by atoms with Crippen molar-refractivity contribution in [2.75, 3.05) is 13.2 Å². The van der Waals surface area contributed by atoms with Gasteiger partial charge in [0.1, 0.15) is 5.75 Å². The molecular weight excluding hydrogens is 342 g/mol. The molecule has 26 heavy (non-hydrogen) atoms. The van der Waals surface area contributed by atoms with Gasteiger partial charge in [-0.05, 0) is 61.2 Å². The van der Waals surface area contributed by atoms with Crippen molar-refractivity contribution >= 4 is 23.2 Å². The van der Waals surface area contributed by atoms with E-state index in [1.54, 1.807) is 0 Å². The summed E-state index contributed by atoms with van der Waals surface area (Å²) >= 11 is 0. The number of ether oxygens (including phenoxy) is 1. The number of fused-ring (bicyclic) bond motifs is 1. The molecule has 0 fully saturated rings. The summed E-state index contributed by atoms with van der Waals surface area (Å²) in [6.07, 6.45) is 0.989. The van der Waals surface area contributed by atoms with E-state index in [9.17, 15) is 0 Å². The molecule has 1 N–H and O–H groups in total. The molecule has 3 heteroatoms. The highest BCUT2D eigenvalue weighted by Gasteiger charge is 2.08. The zero-order valence-corrected chi connectivity index (χ0v) is 16.6. The second-order valence-corrected chi connectivity index (χ2v) is 6.67. The third-order valence-electron chi connectivity index (χ3n) is 4.72. The first-order valence-corrected chi connectivity index (χ1v) is 9.07. The number of benzene rings is 3. The van der Waals surface area contributed by atoms with Gasteiger partial charge in [0.2, 0.25) is 0 Å². The number of hydrogen-bond acceptors (Lipinski definition) is 2. The number of nitrogens with one attached hydrogen (secondary N) is 1. The third kappa shape index (κ3) is 4.78. The highest BCUT2D eigenvalue weighted by Crippen LogP contribution is 2.24. The van der Waals surface area contributed by atoms with Gasteiger partial charge in [0.05, 0.1) is 6.61 Å². The van der Waals surface area contributed by atoms with Crippen LogP contribution in [0.4, 0.5) is 0 Å². The zero-order valence-electron chi connectivity index (χ0n) is 15.8. The molecule has 0 heterocycles. The second kappa shape index (κ2) is 9.61. The molecule has 0 aliphatic rings. The molecule has 0 spiro atoms. The predicted molar refractivity (Wildman–Crippen MR) is 114 cm³/mol. The molecule has 0 radical (unpaired) electrons. The first-order chi connectivity index (χ1) is 12.2. The van der Waals surface area contributed by atoms with Crippen LogP contribution in [0.2, 0.25) is 0 Å². The van der Waals surface area contributed by atoms with Crippen LogP contribution in [0.25, 0.3) is 10.8 Å². The Morgan fingerprint density at radius 1 is 0.885 bits per heavy atom. The molecule has 0 aromatic heterocycles. The molecule has 1 atom stereocenters. The van der Waals surface area contributed by atoms with Gasteiger partial charge in [0.25, 0.3) is 0 Å². The lowest BCUT2D eigenvalue weighted by atomic mass is 10.00. The number of hydrogen-bond donors (Lipinski definition) is 1. The van der Waals surface area contributed by atoms with Gasteiger partial charge in [-0.25, -0.2) is 0 Å². The maximum absolute atomic E-state index is 5.99. The van der Waals surface area contributed by atoms with Crippen LogP contribution in [-0.2, 0) is 0 Å². The Balaban J connectivity index is 0.00000243. The lowest BCUT2D eigenvalue weighted by Crippen LogP contribution is -2.21. The first kappa shape index (κ1) is 20.3. The van der Waals surface area contributed by atoms with Crippen LogP contribution in [0, 0.1) is 13.8 Å². The van der Waals surface area contributed by atoms with Crippen molar-refractivity contribution < 1.29 is 4.74 Å². The maximum Gasteiger partial charge on any atom is 0.125 e. The van der Waals surface area contributed by atoms with Crippen molar-refractivity contribution in [3.05, 3.63) is 77.4 Å². The van der Waals surface area contributed by atoms with E-state index in [4.69, 9.17) is 4.74 Å². The minimum absolute atomic E-state index is 0. The van der Waals surface area contributed by atoms with Crippen molar-refractivity contribution in [1.29, 1.82) is 0 Å². The topological polar surface area (TPSA) is 21.3 Å². The van der Waals surface area contributed by atoms with Crippen molar-refractivity contribution in [3.63, 3.8) is 0 Å². The fourth-order valence-electron chi connectivity index (χ4n) is 3.33. The fourth-order valence-corrected chi connectivity index (χ4v) is 3.33. The minimum atomic E-state index is 0. The SMILES string of the molecule is Cc1cccc(C)c1OCCCN[C@H](C)c1cccc2ccccc12.Cl. The van der Waals surface area contributed by atoms with Crippen LogP contribution in [0.15, 0.2) is 60.7 Å². The normalized spacial score (nSPS) is 11.8. The zero-order chi connectivity index (χ0) is 17.6. The van der Waals surface area contributed by atoms with Gasteiger partial charge < -0.3 is 10.1 Å². The summed E-state index contributed by atoms with van der Waals surface area (Å²) in [4.78, 5) is 0. The molecule has 2 nitrogen and oxygen atoms in total. The van der Waals surface area contributed by atoms with E-state index >= 15 is 0 Å². The van der Waals surface area contributed by atoms with Gasteiger partial charge in [0.15, 0.2) is 0 Å². The average molecular weight is 370 g/mol. The van der Waals surface area contributed by atoms with E-state index in [0.717, 1.165) is 25.3 Å². The molecule has 138 valence electrons. The molecular formula is C23H28ClNO. The lowest BCUT2D eigenvalue weighted by Gasteiger charge is -2.17. The van der Waals surface area contributed by atoms with E-state index < -0.39 is 0 Å². The lowest BCUT2D eigenvalue weighted by molar-refractivity contribution is 0.302. The largest absolute Gasteiger partial charge is 0.493 e. The quantitative estimate of drug-likeness (QED) is 0.516. The Morgan fingerprint density at radius 3 is 2.31 bits per heavy atom. The minimum Gasteiger partial charge on any atom is -0.493 e. The predicted octanol–water partition coefficient (Wildman–Crippen LogP) is 6.00. The number of aryl methyl sites for hydroxylation is 2. The summed E-state index contributed by atoms with van der Waals surface area (Å²) in [5.74, 6) is 1.03. The Hall–Kier alpha value is -2.03. The Morgan fingerprint density at radius 2 is 1.54 bits per heavy atom. The van der Waals surface area contributed by atoms with E-state index in [-0.39, 0.29) is 12.4 Å². The van der Waals surface area contributed by atoms with Crippen LogP contribution >= 0.6 is 12.4 Å².